The number of hydrogen-bond acceptors (Lipinski definition) is 7. The predicted octanol–water partition coefficient (Wildman–Crippen LogP) is 3.07. The number of anilines is 1. The van der Waals surface area contributed by atoms with Crippen molar-refractivity contribution in [1.82, 2.24) is 9.29 Å². The Morgan fingerprint density at radius 3 is 2.69 bits per heavy atom. The number of benzene rings is 1. The van der Waals surface area contributed by atoms with Crippen molar-refractivity contribution >= 4 is 43.6 Å². The molecule has 0 amide bonds. The van der Waals surface area contributed by atoms with Gasteiger partial charge in [0.15, 0.2) is 0 Å². The Labute approximate surface area is 154 Å². The molecule has 2 heterocycles. The molecule has 26 heavy (non-hydrogen) atoms. The molecular formula is C16H16N4O4S2. The summed E-state index contributed by atoms with van der Waals surface area (Å²) >= 11 is 1.18. The summed E-state index contributed by atoms with van der Waals surface area (Å²) in [6, 6.07) is 9.66. The van der Waals surface area contributed by atoms with Crippen molar-refractivity contribution in [3.8, 4) is 0 Å². The first-order valence-corrected chi connectivity index (χ1v) is 9.83. The molecule has 0 saturated heterocycles. The van der Waals surface area contributed by atoms with E-state index in [0.29, 0.717) is 23.1 Å². The minimum Gasteiger partial charge on any atom is -0.378 e. The fraction of sp³-hybridized carbons (Fsp3) is 0.188. The summed E-state index contributed by atoms with van der Waals surface area (Å²) in [6.07, 6.45) is 1.57. The number of nitro benzene ring substituents is 1. The van der Waals surface area contributed by atoms with Gasteiger partial charge in [-0.2, -0.15) is 0 Å². The Balaban J connectivity index is 1.87. The van der Waals surface area contributed by atoms with Gasteiger partial charge in [-0.25, -0.2) is 12.7 Å². The van der Waals surface area contributed by atoms with Crippen LogP contribution in [0.2, 0.25) is 0 Å². The SMILES string of the molecule is CN(C)S(=O)(=O)c1ccc(CNc2ccc([N+](=O)[O-])c3cccnc23)s1. The number of thiophene rings is 1. The quantitative estimate of drug-likeness (QED) is 0.510. The number of nitrogens with one attached hydrogen (secondary N) is 1. The fourth-order valence-corrected chi connectivity index (χ4v) is 4.88. The number of pyridine rings is 1. The number of nitro groups is 1. The van der Waals surface area contributed by atoms with Crippen LogP contribution in [0.15, 0.2) is 46.8 Å². The van der Waals surface area contributed by atoms with Gasteiger partial charge in [-0.15, -0.1) is 11.3 Å². The van der Waals surface area contributed by atoms with Crippen LogP contribution in [0, 0.1) is 10.1 Å². The molecule has 0 radical (unpaired) electrons. The number of rotatable bonds is 6. The van der Waals surface area contributed by atoms with Gasteiger partial charge in [0.25, 0.3) is 15.7 Å². The number of non-ortho nitro benzene ring substituents is 1. The summed E-state index contributed by atoms with van der Waals surface area (Å²) in [5.41, 5.74) is 1.14. The Morgan fingerprint density at radius 2 is 2.00 bits per heavy atom. The van der Waals surface area contributed by atoms with Crippen LogP contribution in [0.4, 0.5) is 11.4 Å². The highest BCUT2D eigenvalue weighted by atomic mass is 32.2. The van der Waals surface area contributed by atoms with Crippen LogP contribution >= 0.6 is 11.3 Å². The maximum atomic E-state index is 12.1. The van der Waals surface area contributed by atoms with E-state index in [1.54, 1.807) is 36.5 Å². The van der Waals surface area contributed by atoms with Crippen LogP contribution in [0.5, 0.6) is 0 Å². The molecular weight excluding hydrogens is 376 g/mol. The summed E-state index contributed by atoms with van der Waals surface area (Å²) in [4.78, 5) is 15.8. The van der Waals surface area contributed by atoms with E-state index in [-0.39, 0.29) is 9.90 Å². The predicted molar refractivity (Wildman–Crippen MR) is 101 cm³/mol. The van der Waals surface area contributed by atoms with Crippen molar-refractivity contribution < 1.29 is 13.3 Å². The van der Waals surface area contributed by atoms with E-state index in [9.17, 15) is 18.5 Å². The molecule has 0 unspecified atom stereocenters. The second kappa shape index (κ2) is 6.98. The number of hydrogen-bond donors (Lipinski definition) is 1. The lowest BCUT2D eigenvalue weighted by Gasteiger charge is -2.09. The van der Waals surface area contributed by atoms with E-state index in [4.69, 9.17) is 0 Å². The first-order chi connectivity index (χ1) is 12.3. The van der Waals surface area contributed by atoms with Gasteiger partial charge in [0.1, 0.15) is 9.73 Å². The normalized spacial score (nSPS) is 11.8. The number of sulfonamides is 1. The molecule has 3 rings (SSSR count). The Hall–Kier alpha value is -2.56. The highest BCUT2D eigenvalue weighted by Gasteiger charge is 2.20. The van der Waals surface area contributed by atoms with Gasteiger partial charge in [0.2, 0.25) is 0 Å². The summed E-state index contributed by atoms with van der Waals surface area (Å²) < 4.78 is 25.7. The zero-order valence-corrected chi connectivity index (χ0v) is 15.7. The molecule has 3 aromatic rings. The Kier molecular flexibility index (Phi) is 4.90. The van der Waals surface area contributed by atoms with Crippen molar-refractivity contribution in [2.45, 2.75) is 10.8 Å². The van der Waals surface area contributed by atoms with E-state index < -0.39 is 14.9 Å². The second-order valence-corrected chi connectivity index (χ2v) is 9.20. The van der Waals surface area contributed by atoms with Gasteiger partial charge < -0.3 is 5.32 Å². The molecule has 0 bridgehead atoms. The lowest BCUT2D eigenvalue weighted by Crippen LogP contribution is -2.21. The zero-order valence-electron chi connectivity index (χ0n) is 14.0. The van der Waals surface area contributed by atoms with Crippen LogP contribution in [-0.2, 0) is 16.6 Å². The van der Waals surface area contributed by atoms with Gasteiger partial charge in [-0.05, 0) is 30.3 Å². The third kappa shape index (κ3) is 3.39. The van der Waals surface area contributed by atoms with Crippen LogP contribution in [0.3, 0.4) is 0 Å². The molecule has 0 aliphatic heterocycles. The average molecular weight is 392 g/mol. The van der Waals surface area contributed by atoms with E-state index in [1.165, 1.54) is 35.8 Å². The van der Waals surface area contributed by atoms with Gasteiger partial charge >= 0.3 is 0 Å². The van der Waals surface area contributed by atoms with Crippen molar-refractivity contribution in [2.24, 2.45) is 0 Å². The molecule has 0 fully saturated rings. The summed E-state index contributed by atoms with van der Waals surface area (Å²) in [6.45, 7) is 0.386. The first-order valence-electron chi connectivity index (χ1n) is 7.58. The fourth-order valence-electron chi connectivity index (χ4n) is 2.41. The van der Waals surface area contributed by atoms with Crippen molar-refractivity contribution in [2.75, 3.05) is 19.4 Å². The minimum atomic E-state index is -3.45. The summed E-state index contributed by atoms with van der Waals surface area (Å²) in [7, 11) is -0.477. The lowest BCUT2D eigenvalue weighted by molar-refractivity contribution is -0.383. The maximum absolute atomic E-state index is 12.1. The molecule has 10 heteroatoms. The smallest absolute Gasteiger partial charge is 0.278 e. The zero-order chi connectivity index (χ0) is 18.9. The number of fused-ring (bicyclic) bond motifs is 1. The van der Waals surface area contributed by atoms with Crippen LogP contribution in [-0.4, -0.2) is 36.7 Å². The Morgan fingerprint density at radius 1 is 1.23 bits per heavy atom. The molecule has 0 aliphatic carbocycles. The van der Waals surface area contributed by atoms with Crippen molar-refractivity contribution in [3.63, 3.8) is 0 Å². The molecule has 0 saturated carbocycles. The molecule has 1 aromatic carbocycles. The molecule has 8 nitrogen and oxygen atoms in total. The van der Waals surface area contributed by atoms with Crippen LogP contribution in [0.1, 0.15) is 4.88 Å². The first kappa shape index (κ1) is 18.2. The Bertz CT molecular complexity index is 1080. The molecule has 136 valence electrons. The lowest BCUT2D eigenvalue weighted by atomic mass is 10.1. The molecule has 0 aliphatic rings. The van der Waals surface area contributed by atoms with Gasteiger partial charge in [-0.3, -0.25) is 15.1 Å². The average Bonchev–Trinajstić information content (AvgIpc) is 3.09. The van der Waals surface area contributed by atoms with Crippen molar-refractivity contribution in [1.29, 1.82) is 0 Å². The minimum absolute atomic E-state index is 0.00543. The van der Waals surface area contributed by atoms with Crippen LogP contribution < -0.4 is 5.32 Å². The standard InChI is InChI=1S/C16H16N4O4S2/c1-19(2)26(23,24)15-8-5-11(25-15)10-18-13-6-7-14(20(21)22)12-4-3-9-17-16(12)13/h3-9,18H,10H2,1-2H3. The largest absolute Gasteiger partial charge is 0.378 e. The summed E-state index contributed by atoms with van der Waals surface area (Å²) in [5.74, 6) is 0. The maximum Gasteiger partial charge on any atom is 0.278 e. The van der Waals surface area contributed by atoms with E-state index in [1.807, 2.05) is 0 Å². The van der Waals surface area contributed by atoms with E-state index >= 15 is 0 Å². The van der Waals surface area contributed by atoms with Crippen LogP contribution in [0.25, 0.3) is 10.9 Å². The van der Waals surface area contributed by atoms with Gasteiger partial charge in [-0.1, -0.05) is 0 Å². The third-order valence-corrected chi connectivity index (χ3v) is 7.14. The molecule has 1 N–H and O–H groups in total. The van der Waals surface area contributed by atoms with E-state index in [2.05, 4.69) is 10.3 Å². The monoisotopic (exact) mass is 392 g/mol. The summed E-state index contributed by atoms with van der Waals surface area (Å²) in [5, 5.41) is 14.8. The van der Waals surface area contributed by atoms with Gasteiger partial charge in [0.05, 0.1) is 16.0 Å². The second-order valence-electron chi connectivity index (χ2n) is 5.65. The topological polar surface area (TPSA) is 105 Å². The number of aromatic nitrogens is 1. The highest BCUT2D eigenvalue weighted by Crippen LogP contribution is 2.31. The molecule has 0 spiro atoms. The third-order valence-electron chi connectivity index (χ3n) is 3.77. The number of nitrogens with zero attached hydrogens (tertiary/aromatic N) is 3. The highest BCUT2D eigenvalue weighted by molar-refractivity contribution is 7.91. The van der Waals surface area contributed by atoms with Gasteiger partial charge in [0, 0.05) is 37.8 Å². The van der Waals surface area contributed by atoms with Crippen molar-refractivity contribution in [3.05, 3.63) is 57.6 Å². The van der Waals surface area contributed by atoms with E-state index in [0.717, 1.165) is 4.88 Å². The molecule has 0 atom stereocenters. The molecule has 2 aromatic heterocycles.